The van der Waals surface area contributed by atoms with E-state index in [0.717, 1.165) is 50.4 Å². The zero-order valence-electron chi connectivity index (χ0n) is 67.8. The molecule has 9 heteroatoms. The maximum Gasteiger partial charge on any atom is 0.311 e. The minimum absolute atomic E-state index is 0.372. The van der Waals surface area contributed by atoms with Gasteiger partial charge < -0.3 is 39.7 Å². The van der Waals surface area contributed by atoms with Gasteiger partial charge in [-0.1, -0.05) is 464 Å². The summed E-state index contributed by atoms with van der Waals surface area (Å²) in [5, 5.41) is 51.8. The number of unbranched alkanes of at least 4 members (excludes halogenated alkanes) is 63. The van der Waals surface area contributed by atoms with Crippen LogP contribution < -0.4 is 0 Å². The predicted molar refractivity (Wildman–Crippen MR) is 429 cm³/mol. The first-order chi connectivity index (χ1) is 49.1. The Morgan fingerprint density at radius 1 is 0.340 bits per heavy atom. The van der Waals surface area contributed by atoms with E-state index in [-0.39, 0.29) is 6.61 Å². The van der Waals surface area contributed by atoms with Gasteiger partial charge in [0.25, 0.3) is 0 Å². The van der Waals surface area contributed by atoms with E-state index in [1.807, 2.05) is 7.11 Å². The molecule has 2 fully saturated rings. The first kappa shape index (κ1) is 95.3. The molecule has 100 heavy (non-hydrogen) atoms. The average Bonchev–Trinajstić information content (AvgIpc) is 1.03. The van der Waals surface area contributed by atoms with E-state index in [4.69, 9.17) is 14.2 Å². The van der Waals surface area contributed by atoms with Crippen molar-refractivity contribution in [3.63, 3.8) is 0 Å². The molecule has 1 aliphatic carbocycles. The summed E-state index contributed by atoms with van der Waals surface area (Å²) in [6, 6.07) is 0. The van der Waals surface area contributed by atoms with Crippen LogP contribution in [0.1, 0.15) is 496 Å². The van der Waals surface area contributed by atoms with Gasteiger partial charge in [-0.3, -0.25) is 4.79 Å². The van der Waals surface area contributed by atoms with Crippen LogP contribution in [0.25, 0.3) is 0 Å². The first-order valence-electron chi connectivity index (χ1n) is 45.9. The van der Waals surface area contributed by atoms with Gasteiger partial charge in [0, 0.05) is 7.11 Å². The van der Waals surface area contributed by atoms with Crippen molar-refractivity contribution < 1.29 is 44.5 Å². The van der Waals surface area contributed by atoms with E-state index >= 15 is 0 Å². The lowest BCUT2D eigenvalue weighted by atomic mass is 9.91. The number of rotatable bonds is 81. The third-order valence-electron chi connectivity index (χ3n) is 24.1. The molecule has 5 N–H and O–H groups in total. The van der Waals surface area contributed by atoms with Crippen molar-refractivity contribution in [1.29, 1.82) is 0 Å². The Morgan fingerprint density at radius 2 is 0.600 bits per heavy atom. The van der Waals surface area contributed by atoms with Crippen molar-refractivity contribution in [3.8, 4) is 0 Å². The molecule has 0 radical (unpaired) electrons. The SMILES string of the molecule is CCCCCCCCCCCCCCCCCCCCCCCC[C@@H](C(=O)OC[C@H]1O[C@@H](O)[C@H](O)[C@@H](O)[C@@H]1O)[C@H](O)CCCCCCCCCCCCCCC1CC1CCCCCCCCCCCCCCCCCCCC(OC)C(C)CCCCCCCCCCCCCCCCCC. The molecule has 2 rings (SSSR count). The van der Waals surface area contributed by atoms with Crippen LogP contribution in [-0.4, -0.2) is 88.1 Å². The van der Waals surface area contributed by atoms with Gasteiger partial charge in [-0.2, -0.15) is 0 Å². The van der Waals surface area contributed by atoms with E-state index < -0.39 is 48.7 Å². The van der Waals surface area contributed by atoms with Crippen molar-refractivity contribution in [2.24, 2.45) is 23.7 Å². The third kappa shape index (κ3) is 57.4. The molecule has 4 unspecified atom stereocenters. The number of ether oxygens (including phenoxy) is 3. The van der Waals surface area contributed by atoms with Crippen LogP contribution in [0.3, 0.4) is 0 Å². The highest BCUT2D eigenvalue weighted by molar-refractivity contribution is 5.73. The molecule has 11 atom stereocenters. The van der Waals surface area contributed by atoms with Crippen molar-refractivity contribution >= 4 is 5.97 Å². The second-order valence-corrected chi connectivity index (χ2v) is 33.6. The Bertz CT molecular complexity index is 1650. The summed E-state index contributed by atoms with van der Waals surface area (Å²) in [6.07, 6.45) is 92.1. The molecule has 0 bridgehead atoms. The van der Waals surface area contributed by atoms with E-state index in [1.54, 1.807) is 0 Å². The molecule has 1 saturated heterocycles. The second-order valence-electron chi connectivity index (χ2n) is 33.6. The monoisotopic (exact) mass is 1420 g/mol. The quantitative estimate of drug-likeness (QED) is 0.0297. The highest BCUT2D eigenvalue weighted by Crippen LogP contribution is 2.46. The number of esters is 1. The summed E-state index contributed by atoms with van der Waals surface area (Å²) >= 11 is 0. The molecule has 0 aromatic rings. The van der Waals surface area contributed by atoms with Crippen LogP contribution in [0, 0.1) is 23.7 Å². The molecule has 1 heterocycles. The maximum atomic E-state index is 13.5. The number of carbonyl (C=O) groups excluding carboxylic acids is 1. The van der Waals surface area contributed by atoms with Crippen LogP contribution >= 0.6 is 0 Å². The van der Waals surface area contributed by atoms with Gasteiger partial charge >= 0.3 is 5.97 Å². The van der Waals surface area contributed by atoms with E-state index in [2.05, 4.69) is 20.8 Å². The molecule has 0 aromatic heterocycles. The molecule has 1 saturated carbocycles. The summed E-state index contributed by atoms with van der Waals surface area (Å²) in [5.41, 5.74) is 0. The molecule has 0 aromatic carbocycles. The number of hydrogen-bond acceptors (Lipinski definition) is 9. The minimum atomic E-state index is -1.69. The fraction of sp³-hybridized carbons (Fsp3) is 0.989. The summed E-state index contributed by atoms with van der Waals surface area (Å²) in [5.74, 6) is 1.59. The van der Waals surface area contributed by atoms with Crippen LogP contribution in [0.15, 0.2) is 0 Å². The summed E-state index contributed by atoms with van der Waals surface area (Å²) in [7, 11) is 1.95. The van der Waals surface area contributed by atoms with Crippen molar-refractivity contribution in [2.45, 2.75) is 539 Å². The molecule has 9 nitrogen and oxygen atoms in total. The van der Waals surface area contributed by atoms with Crippen LogP contribution in [0.4, 0.5) is 0 Å². The van der Waals surface area contributed by atoms with Crippen molar-refractivity contribution in [1.82, 2.24) is 0 Å². The summed E-state index contributed by atoms with van der Waals surface area (Å²) in [4.78, 5) is 13.5. The predicted octanol–water partition coefficient (Wildman–Crippen LogP) is 27.1. The summed E-state index contributed by atoms with van der Waals surface area (Å²) < 4.78 is 16.8. The highest BCUT2D eigenvalue weighted by Gasteiger charge is 2.44. The van der Waals surface area contributed by atoms with Crippen LogP contribution in [0.2, 0.25) is 0 Å². The third-order valence-corrected chi connectivity index (χ3v) is 24.1. The Hall–Kier alpha value is -0.810. The first-order valence-corrected chi connectivity index (χ1v) is 45.9. The van der Waals surface area contributed by atoms with Crippen LogP contribution in [-0.2, 0) is 19.0 Å². The van der Waals surface area contributed by atoms with Gasteiger partial charge in [-0.15, -0.1) is 0 Å². The second kappa shape index (κ2) is 72.4. The van der Waals surface area contributed by atoms with Crippen molar-refractivity contribution in [2.75, 3.05) is 13.7 Å². The maximum absolute atomic E-state index is 13.5. The largest absolute Gasteiger partial charge is 0.463 e. The molecule has 2 aliphatic rings. The van der Waals surface area contributed by atoms with Gasteiger partial charge in [0.1, 0.15) is 31.0 Å². The lowest BCUT2D eigenvalue weighted by Gasteiger charge is -2.38. The standard InChI is InChI=1S/C91H178O9/c1-5-7-9-11-13-15-17-19-21-23-24-25-26-27-30-34-38-45-51-57-63-69-75-83(90(96)99-79-86-87(93)88(94)89(95)91(97)100-86)84(92)76-70-64-58-52-46-41-40-44-50-56-62-68-74-82-78-81(82)73-67-61-55-49-43-37-33-29-28-31-35-39-47-53-59-65-71-77-85(98-4)80(3)72-66-60-54-48-42-36-32-22-20-18-16-14-12-10-8-6-2/h80-89,91-95,97H,5-79H2,1-4H3/t80?,81?,82?,83-,84-,85?,86-,87-,88+,89-,91-/m1/s1. The summed E-state index contributed by atoms with van der Waals surface area (Å²) in [6.45, 7) is 6.67. The Kier molecular flexibility index (Phi) is 69.0. The van der Waals surface area contributed by atoms with Crippen molar-refractivity contribution in [3.05, 3.63) is 0 Å². The number of hydrogen-bond donors (Lipinski definition) is 5. The lowest BCUT2D eigenvalue weighted by molar-refractivity contribution is -0.287. The zero-order chi connectivity index (χ0) is 72.1. The topological polar surface area (TPSA) is 146 Å². The average molecular weight is 1420 g/mol. The van der Waals surface area contributed by atoms with Crippen LogP contribution in [0.5, 0.6) is 0 Å². The van der Waals surface area contributed by atoms with Gasteiger partial charge in [0.05, 0.1) is 18.1 Å². The zero-order valence-corrected chi connectivity index (χ0v) is 67.8. The highest BCUT2D eigenvalue weighted by atomic mass is 16.7. The fourth-order valence-electron chi connectivity index (χ4n) is 16.8. The van der Waals surface area contributed by atoms with E-state index in [0.29, 0.717) is 24.9 Å². The number of aliphatic hydroxyl groups is 5. The minimum Gasteiger partial charge on any atom is -0.463 e. The van der Waals surface area contributed by atoms with E-state index in [1.165, 1.54) is 424 Å². The lowest BCUT2D eigenvalue weighted by Crippen LogP contribution is -2.58. The molecular weight excluding hydrogens is 1240 g/mol. The number of aliphatic hydroxyl groups excluding tert-OH is 5. The van der Waals surface area contributed by atoms with Gasteiger partial charge in [0.15, 0.2) is 6.29 Å². The Balaban J connectivity index is 1.34. The van der Waals surface area contributed by atoms with Gasteiger partial charge in [-0.05, 0) is 49.9 Å². The van der Waals surface area contributed by atoms with E-state index in [9.17, 15) is 30.3 Å². The van der Waals surface area contributed by atoms with Gasteiger partial charge in [-0.25, -0.2) is 0 Å². The van der Waals surface area contributed by atoms with Gasteiger partial charge in [0.2, 0.25) is 0 Å². The Labute approximate surface area is 623 Å². The fourth-order valence-corrected chi connectivity index (χ4v) is 16.8. The molecule has 1 aliphatic heterocycles. The molecular formula is C91H178O9. The molecule has 0 spiro atoms. The number of carbonyl (C=O) groups is 1. The normalized spacial score (nSPS) is 19.8. The smallest absolute Gasteiger partial charge is 0.311 e. The Morgan fingerprint density at radius 3 is 0.900 bits per heavy atom. The number of methoxy groups -OCH3 is 1. The molecule has 0 amide bonds. The molecule has 596 valence electrons.